The largest absolute Gasteiger partial charge is 0.399 e. The second-order valence-corrected chi connectivity index (χ2v) is 4.02. The van der Waals surface area contributed by atoms with Crippen LogP contribution in [-0.2, 0) is 6.54 Å². The summed E-state index contributed by atoms with van der Waals surface area (Å²) in [6.07, 6.45) is 0. The molecule has 0 fully saturated rings. The van der Waals surface area contributed by atoms with Crippen molar-refractivity contribution in [3.05, 3.63) is 65.2 Å². The van der Waals surface area contributed by atoms with E-state index in [1.165, 1.54) is 6.07 Å². The van der Waals surface area contributed by atoms with Crippen molar-refractivity contribution in [3.8, 4) is 0 Å². The molecule has 0 aliphatic rings. The quantitative estimate of drug-likeness (QED) is 0.835. The van der Waals surface area contributed by atoms with Crippen molar-refractivity contribution in [1.29, 1.82) is 0 Å². The first kappa shape index (κ1) is 13.0. The SMILES string of the molecule is Nc1ccc(CNC(=O)c2c(F)cccc2F)cc1. The van der Waals surface area contributed by atoms with Crippen molar-refractivity contribution < 1.29 is 13.6 Å². The van der Waals surface area contributed by atoms with Crippen LogP contribution in [0.3, 0.4) is 0 Å². The molecule has 0 radical (unpaired) electrons. The predicted molar refractivity (Wildman–Crippen MR) is 68.4 cm³/mol. The second-order valence-electron chi connectivity index (χ2n) is 4.02. The number of nitrogen functional groups attached to an aromatic ring is 1. The first-order chi connectivity index (χ1) is 9.08. The third-order valence-electron chi connectivity index (χ3n) is 2.62. The van der Waals surface area contributed by atoms with Crippen LogP contribution < -0.4 is 11.1 Å². The molecular weight excluding hydrogens is 250 g/mol. The van der Waals surface area contributed by atoms with Gasteiger partial charge in [-0.15, -0.1) is 0 Å². The van der Waals surface area contributed by atoms with Gasteiger partial charge in [0.1, 0.15) is 17.2 Å². The van der Waals surface area contributed by atoms with Gasteiger partial charge in [0.05, 0.1) is 0 Å². The van der Waals surface area contributed by atoms with Crippen LogP contribution in [0.5, 0.6) is 0 Å². The summed E-state index contributed by atoms with van der Waals surface area (Å²) in [6.45, 7) is 0.173. The maximum Gasteiger partial charge on any atom is 0.257 e. The first-order valence-electron chi connectivity index (χ1n) is 5.64. The Hall–Kier alpha value is -2.43. The Morgan fingerprint density at radius 2 is 1.63 bits per heavy atom. The number of halogens is 2. The molecule has 0 saturated carbocycles. The monoisotopic (exact) mass is 262 g/mol. The third kappa shape index (κ3) is 3.07. The molecule has 0 heterocycles. The molecule has 0 aliphatic heterocycles. The fraction of sp³-hybridized carbons (Fsp3) is 0.0714. The maximum absolute atomic E-state index is 13.4. The highest BCUT2D eigenvalue weighted by Crippen LogP contribution is 2.12. The fourth-order valence-corrected chi connectivity index (χ4v) is 1.62. The molecule has 3 nitrogen and oxygen atoms in total. The van der Waals surface area contributed by atoms with Gasteiger partial charge in [0.25, 0.3) is 5.91 Å². The third-order valence-corrected chi connectivity index (χ3v) is 2.62. The number of anilines is 1. The zero-order chi connectivity index (χ0) is 13.8. The number of rotatable bonds is 3. The van der Waals surface area contributed by atoms with Crippen molar-refractivity contribution in [2.24, 2.45) is 0 Å². The summed E-state index contributed by atoms with van der Waals surface area (Å²) < 4.78 is 26.7. The number of amides is 1. The molecule has 98 valence electrons. The van der Waals surface area contributed by atoms with Crippen LogP contribution in [0.25, 0.3) is 0 Å². The highest BCUT2D eigenvalue weighted by Gasteiger charge is 2.16. The number of nitrogens with two attached hydrogens (primary N) is 1. The van der Waals surface area contributed by atoms with E-state index in [-0.39, 0.29) is 6.54 Å². The van der Waals surface area contributed by atoms with Crippen LogP contribution >= 0.6 is 0 Å². The van der Waals surface area contributed by atoms with Crippen molar-refractivity contribution in [2.75, 3.05) is 5.73 Å². The number of nitrogens with one attached hydrogen (secondary N) is 1. The van der Waals surface area contributed by atoms with Crippen molar-refractivity contribution in [2.45, 2.75) is 6.54 Å². The number of carbonyl (C=O) groups is 1. The Bertz CT molecular complexity index is 577. The summed E-state index contributed by atoms with van der Waals surface area (Å²) in [6, 6.07) is 10.1. The summed E-state index contributed by atoms with van der Waals surface area (Å²) in [5.41, 5.74) is 6.35. The lowest BCUT2D eigenvalue weighted by Gasteiger charge is -2.07. The average molecular weight is 262 g/mol. The molecule has 0 aromatic heterocycles. The lowest BCUT2D eigenvalue weighted by atomic mass is 10.1. The predicted octanol–water partition coefficient (Wildman–Crippen LogP) is 2.48. The van der Waals surface area contributed by atoms with Crippen LogP contribution in [0.4, 0.5) is 14.5 Å². The van der Waals surface area contributed by atoms with Crippen LogP contribution in [-0.4, -0.2) is 5.91 Å². The summed E-state index contributed by atoms with van der Waals surface area (Å²) in [7, 11) is 0. The molecule has 0 spiro atoms. The molecule has 2 rings (SSSR count). The molecule has 2 aromatic carbocycles. The summed E-state index contributed by atoms with van der Waals surface area (Å²) >= 11 is 0. The van der Waals surface area contributed by atoms with E-state index in [1.54, 1.807) is 24.3 Å². The van der Waals surface area contributed by atoms with Crippen LogP contribution in [0.15, 0.2) is 42.5 Å². The molecule has 1 amide bonds. The van der Waals surface area contributed by atoms with Gasteiger partial charge in [-0.2, -0.15) is 0 Å². The minimum absolute atomic E-state index is 0.173. The van der Waals surface area contributed by atoms with Gasteiger partial charge < -0.3 is 11.1 Å². The minimum Gasteiger partial charge on any atom is -0.399 e. The first-order valence-corrected chi connectivity index (χ1v) is 5.64. The molecule has 3 N–H and O–H groups in total. The van der Waals surface area contributed by atoms with Gasteiger partial charge in [0.2, 0.25) is 0 Å². The van der Waals surface area contributed by atoms with E-state index in [1.807, 2.05) is 0 Å². The van der Waals surface area contributed by atoms with Crippen LogP contribution in [0, 0.1) is 11.6 Å². The zero-order valence-electron chi connectivity index (χ0n) is 9.99. The zero-order valence-corrected chi connectivity index (χ0v) is 9.99. The summed E-state index contributed by atoms with van der Waals surface area (Å²) in [5.74, 6) is -2.54. The highest BCUT2D eigenvalue weighted by molar-refractivity contribution is 5.94. The van der Waals surface area contributed by atoms with E-state index < -0.39 is 23.1 Å². The average Bonchev–Trinajstić information content (AvgIpc) is 2.38. The van der Waals surface area contributed by atoms with Gasteiger partial charge in [-0.3, -0.25) is 4.79 Å². The lowest BCUT2D eigenvalue weighted by Crippen LogP contribution is -2.25. The van der Waals surface area contributed by atoms with Crippen molar-refractivity contribution >= 4 is 11.6 Å². The molecule has 2 aromatic rings. The summed E-state index contributed by atoms with van der Waals surface area (Å²) in [4.78, 5) is 11.7. The standard InChI is InChI=1S/C14H12F2N2O/c15-11-2-1-3-12(16)13(11)14(19)18-8-9-4-6-10(17)7-5-9/h1-7H,8,17H2,(H,18,19). The molecule has 0 saturated heterocycles. The second kappa shape index (κ2) is 5.48. The Labute approximate surface area is 109 Å². The number of carbonyl (C=O) groups excluding carboxylic acids is 1. The van der Waals surface area contributed by atoms with E-state index in [4.69, 9.17) is 5.73 Å². The van der Waals surface area contributed by atoms with Gasteiger partial charge in [-0.1, -0.05) is 18.2 Å². The topological polar surface area (TPSA) is 55.1 Å². The van der Waals surface area contributed by atoms with Crippen molar-refractivity contribution in [3.63, 3.8) is 0 Å². The molecule has 5 heteroatoms. The Morgan fingerprint density at radius 3 is 2.21 bits per heavy atom. The number of hydrogen-bond donors (Lipinski definition) is 2. The Balaban J connectivity index is 2.07. The number of benzene rings is 2. The van der Waals surface area contributed by atoms with E-state index >= 15 is 0 Å². The highest BCUT2D eigenvalue weighted by atomic mass is 19.1. The van der Waals surface area contributed by atoms with E-state index in [2.05, 4.69) is 5.32 Å². The van der Waals surface area contributed by atoms with E-state index in [0.29, 0.717) is 5.69 Å². The molecular formula is C14H12F2N2O. The molecule has 0 unspecified atom stereocenters. The maximum atomic E-state index is 13.4. The van der Waals surface area contributed by atoms with Gasteiger partial charge in [0.15, 0.2) is 0 Å². The minimum atomic E-state index is -0.880. The number of hydrogen-bond acceptors (Lipinski definition) is 2. The van der Waals surface area contributed by atoms with Crippen LogP contribution in [0.2, 0.25) is 0 Å². The van der Waals surface area contributed by atoms with Gasteiger partial charge in [-0.05, 0) is 29.8 Å². The van der Waals surface area contributed by atoms with Crippen LogP contribution in [0.1, 0.15) is 15.9 Å². The van der Waals surface area contributed by atoms with Gasteiger partial charge in [-0.25, -0.2) is 8.78 Å². The normalized spacial score (nSPS) is 10.2. The van der Waals surface area contributed by atoms with Gasteiger partial charge >= 0.3 is 0 Å². The van der Waals surface area contributed by atoms with E-state index in [0.717, 1.165) is 17.7 Å². The molecule has 0 aliphatic carbocycles. The fourth-order valence-electron chi connectivity index (χ4n) is 1.62. The molecule has 19 heavy (non-hydrogen) atoms. The Morgan fingerprint density at radius 1 is 1.05 bits per heavy atom. The summed E-state index contributed by atoms with van der Waals surface area (Å²) in [5, 5.41) is 2.46. The lowest BCUT2D eigenvalue weighted by molar-refractivity contribution is 0.0942. The van der Waals surface area contributed by atoms with Crippen molar-refractivity contribution in [1.82, 2.24) is 5.32 Å². The smallest absolute Gasteiger partial charge is 0.257 e. The molecule has 0 atom stereocenters. The Kier molecular flexibility index (Phi) is 3.75. The van der Waals surface area contributed by atoms with Gasteiger partial charge in [0, 0.05) is 12.2 Å². The molecule has 0 bridgehead atoms. The van der Waals surface area contributed by atoms with E-state index in [9.17, 15) is 13.6 Å².